The molecule has 0 saturated carbocycles. The normalized spacial score (nSPS) is 12.2. The molecule has 2 nitrogen and oxygen atoms in total. The lowest BCUT2D eigenvalue weighted by molar-refractivity contribution is 0.438. The van der Waals surface area contributed by atoms with Gasteiger partial charge in [-0.1, -0.05) is 35.0 Å². The average Bonchev–Trinajstić information content (AvgIpc) is 2.45. The van der Waals surface area contributed by atoms with E-state index in [2.05, 4.69) is 15.9 Å². The molecule has 0 bridgehead atoms. The van der Waals surface area contributed by atoms with E-state index < -0.39 is 0 Å². The fraction of sp³-hybridized carbons (Fsp3) is 0.294. The van der Waals surface area contributed by atoms with Crippen molar-refractivity contribution < 1.29 is 9.13 Å². The minimum Gasteiger partial charge on any atom is -0.454 e. The van der Waals surface area contributed by atoms with Crippen LogP contribution in [0.25, 0.3) is 0 Å². The molecule has 2 N–H and O–H groups in total. The summed E-state index contributed by atoms with van der Waals surface area (Å²) in [7, 11) is 0. The van der Waals surface area contributed by atoms with Crippen molar-refractivity contribution in [3.05, 3.63) is 57.8 Å². The van der Waals surface area contributed by atoms with Crippen molar-refractivity contribution in [2.75, 3.05) is 0 Å². The first-order chi connectivity index (χ1) is 9.99. The highest BCUT2D eigenvalue weighted by Gasteiger charge is 2.10. The summed E-state index contributed by atoms with van der Waals surface area (Å²) in [6.07, 6.45) is 1.54. The van der Waals surface area contributed by atoms with Crippen molar-refractivity contribution in [1.82, 2.24) is 0 Å². The maximum absolute atomic E-state index is 14.1. The number of hydrogen-bond donors (Lipinski definition) is 1. The Labute approximate surface area is 133 Å². The van der Waals surface area contributed by atoms with Gasteiger partial charge in [0.15, 0.2) is 11.6 Å². The van der Waals surface area contributed by atoms with Gasteiger partial charge in [0, 0.05) is 10.5 Å². The largest absolute Gasteiger partial charge is 0.454 e. The summed E-state index contributed by atoms with van der Waals surface area (Å²) in [5.74, 6) is 0.501. The van der Waals surface area contributed by atoms with E-state index in [-0.39, 0.29) is 17.6 Å². The van der Waals surface area contributed by atoms with E-state index in [1.165, 1.54) is 6.07 Å². The predicted molar refractivity (Wildman–Crippen MR) is 87.3 cm³/mol. The topological polar surface area (TPSA) is 35.2 Å². The molecule has 0 radical (unpaired) electrons. The first-order valence-electron chi connectivity index (χ1n) is 6.97. The van der Waals surface area contributed by atoms with Gasteiger partial charge in [-0.2, -0.15) is 0 Å². The van der Waals surface area contributed by atoms with Crippen LogP contribution in [0, 0.1) is 12.7 Å². The van der Waals surface area contributed by atoms with Gasteiger partial charge in [0.1, 0.15) is 5.75 Å². The summed E-state index contributed by atoms with van der Waals surface area (Å²) < 4.78 is 20.7. The quantitative estimate of drug-likeness (QED) is 0.825. The van der Waals surface area contributed by atoms with Gasteiger partial charge in [0.2, 0.25) is 0 Å². The van der Waals surface area contributed by atoms with Crippen LogP contribution in [-0.4, -0.2) is 6.04 Å². The lowest BCUT2D eigenvalue weighted by Gasteiger charge is -2.12. The highest BCUT2D eigenvalue weighted by atomic mass is 79.9. The van der Waals surface area contributed by atoms with Gasteiger partial charge < -0.3 is 10.5 Å². The molecule has 21 heavy (non-hydrogen) atoms. The standard InChI is InChI=1S/C17H19BrFNO/c1-3-14(20)8-12-5-7-16(15(19)9-12)21-17-10-13(18)6-4-11(17)2/h4-7,9-10,14H,3,8,20H2,1-2H3. The number of rotatable bonds is 5. The first-order valence-corrected chi connectivity index (χ1v) is 7.77. The zero-order chi connectivity index (χ0) is 15.4. The molecule has 0 spiro atoms. The van der Waals surface area contributed by atoms with E-state index in [4.69, 9.17) is 10.5 Å². The first kappa shape index (κ1) is 16.0. The molecule has 0 aliphatic heterocycles. The maximum Gasteiger partial charge on any atom is 0.165 e. The van der Waals surface area contributed by atoms with Crippen LogP contribution in [0.3, 0.4) is 0 Å². The van der Waals surface area contributed by atoms with Crippen LogP contribution in [0.5, 0.6) is 11.5 Å². The molecule has 0 amide bonds. The molecule has 1 unspecified atom stereocenters. The van der Waals surface area contributed by atoms with Crippen LogP contribution in [0.1, 0.15) is 24.5 Å². The van der Waals surface area contributed by atoms with Crippen LogP contribution in [-0.2, 0) is 6.42 Å². The number of hydrogen-bond acceptors (Lipinski definition) is 2. The van der Waals surface area contributed by atoms with E-state index in [0.29, 0.717) is 12.2 Å². The molecule has 0 aliphatic rings. The Morgan fingerprint density at radius 3 is 2.62 bits per heavy atom. The van der Waals surface area contributed by atoms with Gasteiger partial charge in [0.25, 0.3) is 0 Å². The molecule has 2 aromatic rings. The van der Waals surface area contributed by atoms with Crippen molar-refractivity contribution >= 4 is 15.9 Å². The zero-order valence-electron chi connectivity index (χ0n) is 12.2. The van der Waals surface area contributed by atoms with E-state index in [1.54, 1.807) is 6.07 Å². The second-order valence-corrected chi connectivity index (χ2v) is 6.06. The third-order valence-electron chi connectivity index (χ3n) is 3.39. The molecule has 2 aromatic carbocycles. The number of halogens is 2. The SMILES string of the molecule is CCC(N)Cc1ccc(Oc2cc(Br)ccc2C)c(F)c1. The van der Waals surface area contributed by atoms with Crippen molar-refractivity contribution in [3.8, 4) is 11.5 Å². The van der Waals surface area contributed by atoms with Crippen LogP contribution in [0.2, 0.25) is 0 Å². The molecule has 1 atom stereocenters. The molecular formula is C17H19BrFNO. The summed E-state index contributed by atoms with van der Waals surface area (Å²) in [4.78, 5) is 0. The van der Waals surface area contributed by atoms with Gasteiger partial charge in [-0.3, -0.25) is 0 Å². The summed E-state index contributed by atoms with van der Waals surface area (Å²) in [6, 6.07) is 10.8. The number of nitrogens with two attached hydrogens (primary N) is 1. The Kier molecular flexibility index (Phi) is 5.37. The molecule has 0 fully saturated rings. The van der Waals surface area contributed by atoms with Crippen LogP contribution < -0.4 is 10.5 Å². The van der Waals surface area contributed by atoms with Crippen LogP contribution in [0.4, 0.5) is 4.39 Å². The van der Waals surface area contributed by atoms with Crippen LogP contribution >= 0.6 is 15.9 Å². The third kappa shape index (κ3) is 4.29. The second kappa shape index (κ2) is 7.05. The Bertz CT molecular complexity index is 630. The molecule has 2 rings (SSSR count). The highest BCUT2D eigenvalue weighted by Crippen LogP contribution is 2.30. The van der Waals surface area contributed by atoms with Gasteiger partial charge in [-0.05, 0) is 55.2 Å². The molecule has 0 aromatic heterocycles. The zero-order valence-corrected chi connectivity index (χ0v) is 13.8. The van der Waals surface area contributed by atoms with Gasteiger partial charge in [-0.15, -0.1) is 0 Å². The summed E-state index contributed by atoms with van der Waals surface area (Å²) >= 11 is 3.39. The third-order valence-corrected chi connectivity index (χ3v) is 3.88. The van der Waals surface area contributed by atoms with E-state index >= 15 is 0 Å². The maximum atomic E-state index is 14.1. The van der Waals surface area contributed by atoms with E-state index in [9.17, 15) is 4.39 Å². The molecule has 4 heteroatoms. The van der Waals surface area contributed by atoms with Gasteiger partial charge in [-0.25, -0.2) is 4.39 Å². The Morgan fingerprint density at radius 1 is 1.19 bits per heavy atom. The Morgan fingerprint density at radius 2 is 1.95 bits per heavy atom. The second-order valence-electron chi connectivity index (χ2n) is 5.15. The fourth-order valence-electron chi connectivity index (χ4n) is 2.00. The van der Waals surface area contributed by atoms with Crippen molar-refractivity contribution in [3.63, 3.8) is 0 Å². The highest BCUT2D eigenvalue weighted by molar-refractivity contribution is 9.10. The summed E-state index contributed by atoms with van der Waals surface area (Å²) in [5, 5.41) is 0. The van der Waals surface area contributed by atoms with Gasteiger partial charge >= 0.3 is 0 Å². The van der Waals surface area contributed by atoms with Crippen LogP contribution in [0.15, 0.2) is 40.9 Å². The van der Waals surface area contributed by atoms with Crippen molar-refractivity contribution in [2.45, 2.75) is 32.7 Å². The van der Waals surface area contributed by atoms with E-state index in [0.717, 1.165) is 22.0 Å². The monoisotopic (exact) mass is 351 g/mol. The summed E-state index contributed by atoms with van der Waals surface area (Å²) in [6.45, 7) is 3.95. The number of ether oxygens (including phenoxy) is 1. The van der Waals surface area contributed by atoms with Gasteiger partial charge in [0.05, 0.1) is 0 Å². The smallest absolute Gasteiger partial charge is 0.165 e. The summed E-state index contributed by atoms with van der Waals surface area (Å²) in [5.41, 5.74) is 7.74. The lowest BCUT2D eigenvalue weighted by Crippen LogP contribution is -2.21. The lowest BCUT2D eigenvalue weighted by atomic mass is 10.0. The van der Waals surface area contributed by atoms with E-state index in [1.807, 2.05) is 38.1 Å². The van der Waals surface area contributed by atoms with Crippen molar-refractivity contribution in [2.24, 2.45) is 5.73 Å². The Balaban J connectivity index is 2.19. The number of benzene rings is 2. The van der Waals surface area contributed by atoms with Crippen molar-refractivity contribution in [1.29, 1.82) is 0 Å². The number of aryl methyl sites for hydroxylation is 1. The average molecular weight is 352 g/mol. The molecule has 0 aliphatic carbocycles. The predicted octanol–water partition coefficient (Wildman–Crippen LogP) is 4.97. The minimum atomic E-state index is -0.366. The molecule has 0 saturated heterocycles. The minimum absolute atomic E-state index is 0.0588. The molecular weight excluding hydrogens is 333 g/mol. The molecule has 0 heterocycles. The molecule has 112 valence electrons. The Hall–Kier alpha value is -1.39. The fourth-order valence-corrected chi connectivity index (χ4v) is 2.34.